The number of rotatable bonds is 8. The fourth-order valence-electron chi connectivity index (χ4n) is 2.01. The SMILES string of the molecule is CCC(N)(CC)CNC(=O)C(C)OCC1CCCO1.Cl. The molecular formula is C14H29ClN2O3. The van der Waals surface area contributed by atoms with Crippen molar-refractivity contribution in [3.8, 4) is 0 Å². The van der Waals surface area contributed by atoms with Crippen LogP contribution in [-0.4, -0.2) is 43.4 Å². The summed E-state index contributed by atoms with van der Waals surface area (Å²) in [6, 6.07) is 0. The van der Waals surface area contributed by atoms with Crippen LogP contribution in [0.15, 0.2) is 0 Å². The minimum absolute atomic E-state index is 0. The van der Waals surface area contributed by atoms with Gasteiger partial charge in [-0.15, -0.1) is 12.4 Å². The first-order chi connectivity index (χ1) is 9.00. The Bertz CT molecular complexity index is 280. The van der Waals surface area contributed by atoms with Gasteiger partial charge >= 0.3 is 0 Å². The van der Waals surface area contributed by atoms with Gasteiger partial charge in [-0.1, -0.05) is 13.8 Å². The zero-order chi connectivity index (χ0) is 14.3. The number of amides is 1. The second kappa shape index (κ2) is 9.55. The number of halogens is 1. The number of carbonyl (C=O) groups excluding carboxylic acids is 1. The van der Waals surface area contributed by atoms with Gasteiger partial charge in [0.1, 0.15) is 6.10 Å². The third-order valence-electron chi connectivity index (χ3n) is 3.95. The molecule has 0 aromatic carbocycles. The van der Waals surface area contributed by atoms with Crippen LogP contribution >= 0.6 is 12.4 Å². The van der Waals surface area contributed by atoms with Gasteiger partial charge in [0.05, 0.1) is 12.7 Å². The van der Waals surface area contributed by atoms with Gasteiger partial charge in [-0.2, -0.15) is 0 Å². The largest absolute Gasteiger partial charge is 0.376 e. The highest BCUT2D eigenvalue weighted by Gasteiger charge is 2.24. The summed E-state index contributed by atoms with van der Waals surface area (Å²) in [6.45, 7) is 7.62. The highest BCUT2D eigenvalue weighted by molar-refractivity contribution is 5.85. The first-order valence-electron chi connectivity index (χ1n) is 7.30. The molecule has 0 aromatic rings. The van der Waals surface area contributed by atoms with Crippen molar-refractivity contribution < 1.29 is 14.3 Å². The number of carbonyl (C=O) groups is 1. The van der Waals surface area contributed by atoms with Crippen molar-refractivity contribution in [2.75, 3.05) is 19.8 Å². The topological polar surface area (TPSA) is 73.6 Å². The van der Waals surface area contributed by atoms with E-state index in [1.165, 1.54) is 0 Å². The molecule has 6 heteroatoms. The minimum atomic E-state index is -0.456. The van der Waals surface area contributed by atoms with Gasteiger partial charge in [0.2, 0.25) is 5.91 Å². The molecular weight excluding hydrogens is 280 g/mol. The molecule has 0 aliphatic carbocycles. The minimum Gasteiger partial charge on any atom is -0.376 e. The van der Waals surface area contributed by atoms with Crippen molar-refractivity contribution in [2.45, 2.75) is 64.2 Å². The van der Waals surface area contributed by atoms with E-state index in [1.54, 1.807) is 6.92 Å². The molecule has 2 unspecified atom stereocenters. The van der Waals surface area contributed by atoms with Crippen LogP contribution < -0.4 is 11.1 Å². The van der Waals surface area contributed by atoms with Gasteiger partial charge in [0, 0.05) is 18.7 Å². The molecule has 20 heavy (non-hydrogen) atoms. The van der Waals surface area contributed by atoms with Gasteiger partial charge in [-0.05, 0) is 32.6 Å². The van der Waals surface area contributed by atoms with E-state index in [9.17, 15) is 4.79 Å². The molecule has 5 nitrogen and oxygen atoms in total. The molecule has 0 spiro atoms. The highest BCUT2D eigenvalue weighted by Crippen LogP contribution is 2.13. The summed E-state index contributed by atoms with van der Waals surface area (Å²) in [5.74, 6) is -0.102. The smallest absolute Gasteiger partial charge is 0.248 e. The van der Waals surface area contributed by atoms with E-state index in [-0.39, 0.29) is 30.0 Å². The lowest BCUT2D eigenvalue weighted by molar-refractivity contribution is -0.134. The predicted octanol–water partition coefficient (Wildman–Crippen LogP) is 1.63. The van der Waals surface area contributed by atoms with Gasteiger partial charge < -0.3 is 20.5 Å². The van der Waals surface area contributed by atoms with Crippen LogP contribution in [0, 0.1) is 0 Å². The van der Waals surface area contributed by atoms with Crippen molar-refractivity contribution in [1.29, 1.82) is 0 Å². The summed E-state index contributed by atoms with van der Waals surface area (Å²) in [4.78, 5) is 11.9. The Kier molecular flexibility index (Phi) is 9.38. The zero-order valence-electron chi connectivity index (χ0n) is 12.8. The van der Waals surface area contributed by atoms with Crippen molar-refractivity contribution in [3.63, 3.8) is 0 Å². The zero-order valence-corrected chi connectivity index (χ0v) is 13.6. The Hall–Kier alpha value is -0.360. The van der Waals surface area contributed by atoms with E-state index in [0.717, 1.165) is 32.3 Å². The van der Waals surface area contributed by atoms with E-state index < -0.39 is 6.10 Å². The van der Waals surface area contributed by atoms with Crippen LogP contribution in [-0.2, 0) is 14.3 Å². The Morgan fingerprint density at radius 1 is 1.50 bits per heavy atom. The molecule has 120 valence electrons. The molecule has 1 aliphatic rings. The lowest BCUT2D eigenvalue weighted by Crippen LogP contribution is -2.51. The van der Waals surface area contributed by atoms with Crippen molar-refractivity contribution in [3.05, 3.63) is 0 Å². The monoisotopic (exact) mass is 308 g/mol. The van der Waals surface area contributed by atoms with E-state index in [1.807, 2.05) is 13.8 Å². The molecule has 2 atom stereocenters. The molecule has 1 fully saturated rings. The predicted molar refractivity (Wildman–Crippen MR) is 82.1 cm³/mol. The third-order valence-corrected chi connectivity index (χ3v) is 3.95. The van der Waals surface area contributed by atoms with Crippen molar-refractivity contribution in [2.24, 2.45) is 5.73 Å². The molecule has 3 N–H and O–H groups in total. The summed E-state index contributed by atoms with van der Waals surface area (Å²) in [6.07, 6.45) is 3.48. The molecule has 0 aromatic heterocycles. The fraction of sp³-hybridized carbons (Fsp3) is 0.929. The van der Waals surface area contributed by atoms with Crippen LogP contribution in [0.25, 0.3) is 0 Å². The van der Waals surface area contributed by atoms with Crippen LogP contribution in [0.2, 0.25) is 0 Å². The Balaban J connectivity index is 0.00000361. The first-order valence-corrected chi connectivity index (χ1v) is 7.30. The number of ether oxygens (including phenoxy) is 2. The lowest BCUT2D eigenvalue weighted by atomic mass is 9.94. The average Bonchev–Trinajstić information content (AvgIpc) is 2.95. The lowest BCUT2D eigenvalue weighted by Gasteiger charge is -2.27. The van der Waals surface area contributed by atoms with Crippen LogP contribution in [0.5, 0.6) is 0 Å². The standard InChI is InChI=1S/C14H28N2O3.ClH/c1-4-14(15,5-2)10-16-13(17)11(3)19-9-12-7-6-8-18-12;/h11-12H,4-10,15H2,1-3H3,(H,16,17);1H. The van der Waals surface area contributed by atoms with Gasteiger partial charge in [-0.25, -0.2) is 0 Å². The maximum Gasteiger partial charge on any atom is 0.248 e. The summed E-state index contributed by atoms with van der Waals surface area (Å²) >= 11 is 0. The Morgan fingerprint density at radius 2 is 2.15 bits per heavy atom. The normalized spacial score (nSPS) is 20.3. The van der Waals surface area contributed by atoms with Gasteiger partial charge in [-0.3, -0.25) is 4.79 Å². The summed E-state index contributed by atoms with van der Waals surface area (Å²) in [5.41, 5.74) is 5.83. The third kappa shape index (κ3) is 6.39. The molecule has 0 bridgehead atoms. The maximum atomic E-state index is 11.9. The number of hydrogen-bond acceptors (Lipinski definition) is 4. The Labute approximate surface area is 128 Å². The quantitative estimate of drug-likeness (QED) is 0.715. The molecule has 0 radical (unpaired) electrons. The van der Waals surface area contributed by atoms with Crippen LogP contribution in [0.3, 0.4) is 0 Å². The van der Waals surface area contributed by atoms with Crippen LogP contribution in [0.4, 0.5) is 0 Å². The number of nitrogens with one attached hydrogen (secondary N) is 1. The summed E-state index contributed by atoms with van der Waals surface area (Å²) in [7, 11) is 0. The van der Waals surface area contributed by atoms with Crippen molar-refractivity contribution >= 4 is 18.3 Å². The summed E-state index contributed by atoms with van der Waals surface area (Å²) < 4.78 is 11.0. The molecule has 1 rings (SSSR count). The second-order valence-electron chi connectivity index (χ2n) is 5.40. The first kappa shape index (κ1) is 19.6. The maximum absolute atomic E-state index is 11.9. The molecule has 1 amide bonds. The average molecular weight is 309 g/mol. The molecule has 1 aliphatic heterocycles. The fourth-order valence-corrected chi connectivity index (χ4v) is 2.01. The Morgan fingerprint density at radius 3 is 2.65 bits per heavy atom. The molecule has 1 saturated heterocycles. The van der Waals surface area contributed by atoms with Crippen molar-refractivity contribution in [1.82, 2.24) is 5.32 Å². The number of hydrogen-bond donors (Lipinski definition) is 2. The van der Waals surface area contributed by atoms with E-state index in [4.69, 9.17) is 15.2 Å². The van der Waals surface area contributed by atoms with Gasteiger partial charge in [0.15, 0.2) is 0 Å². The van der Waals surface area contributed by atoms with Gasteiger partial charge in [0.25, 0.3) is 0 Å². The molecule has 1 heterocycles. The molecule has 0 saturated carbocycles. The van der Waals surface area contributed by atoms with E-state index >= 15 is 0 Å². The highest BCUT2D eigenvalue weighted by atomic mass is 35.5. The summed E-state index contributed by atoms with van der Waals surface area (Å²) in [5, 5.41) is 2.87. The van der Waals surface area contributed by atoms with E-state index in [2.05, 4.69) is 5.32 Å². The van der Waals surface area contributed by atoms with E-state index in [0.29, 0.717) is 13.2 Å². The number of nitrogens with two attached hydrogens (primary N) is 1. The second-order valence-corrected chi connectivity index (χ2v) is 5.40. The van der Waals surface area contributed by atoms with Crippen LogP contribution in [0.1, 0.15) is 46.5 Å².